The SMILES string of the molecule is CCC(CC)C(=O)N=C1S[C@@H]2CS(=O)(=O)C[C@@H]2N1c1ccccc1F. The van der Waals surface area contributed by atoms with Gasteiger partial charge in [0.2, 0.25) is 0 Å². The smallest absolute Gasteiger partial charge is 0.251 e. The fourth-order valence-electron chi connectivity index (χ4n) is 3.32. The van der Waals surface area contributed by atoms with E-state index in [9.17, 15) is 17.6 Å². The highest BCUT2D eigenvalue weighted by Crippen LogP contribution is 2.41. The standard InChI is InChI=1S/C17H21FN2O3S2/c1-3-11(4-2)16(21)19-17-20(13-8-6-5-7-12(13)18)14-9-25(22,23)10-15(14)24-17/h5-8,11,14-15H,3-4,9-10H2,1-2H3/t14-,15+/m0/s1. The second-order valence-corrected chi connectivity index (χ2v) is 9.73. The number of fused-ring (bicyclic) bond motifs is 1. The molecule has 2 aliphatic rings. The molecule has 2 fully saturated rings. The van der Waals surface area contributed by atoms with Crippen LogP contribution in [0.3, 0.4) is 0 Å². The molecule has 5 nitrogen and oxygen atoms in total. The molecular weight excluding hydrogens is 363 g/mol. The van der Waals surface area contributed by atoms with Crippen LogP contribution >= 0.6 is 11.8 Å². The number of anilines is 1. The number of carbonyl (C=O) groups is 1. The molecule has 0 spiro atoms. The Balaban J connectivity index is 2.01. The maximum absolute atomic E-state index is 14.4. The Morgan fingerprint density at radius 2 is 2.00 bits per heavy atom. The van der Waals surface area contributed by atoms with Crippen LogP contribution in [-0.4, -0.2) is 42.3 Å². The first-order valence-electron chi connectivity index (χ1n) is 8.39. The van der Waals surface area contributed by atoms with Gasteiger partial charge in [-0.1, -0.05) is 37.7 Å². The summed E-state index contributed by atoms with van der Waals surface area (Å²) < 4.78 is 38.3. The van der Waals surface area contributed by atoms with Crippen LogP contribution in [0.2, 0.25) is 0 Å². The lowest BCUT2D eigenvalue weighted by Crippen LogP contribution is -2.38. The molecule has 2 heterocycles. The first-order valence-corrected chi connectivity index (χ1v) is 11.1. The second kappa shape index (κ2) is 7.07. The van der Waals surface area contributed by atoms with Crippen LogP contribution in [0.15, 0.2) is 29.3 Å². The van der Waals surface area contributed by atoms with Gasteiger partial charge in [-0.25, -0.2) is 12.8 Å². The second-order valence-electron chi connectivity index (χ2n) is 6.37. The molecule has 0 N–H and O–H groups in total. The lowest BCUT2D eigenvalue weighted by atomic mass is 10.0. The van der Waals surface area contributed by atoms with Crippen molar-refractivity contribution in [3.63, 3.8) is 0 Å². The molecule has 2 aliphatic heterocycles. The van der Waals surface area contributed by atoms with Gasteiger partial charge in [0.15, 0.2) is 15.0 Å². The van der Waals surface area contributed by atoms with Crippen LogP contribution in [0.4, 0.5) is 10.1 Å². The minimum Gasteiger partial charge on any atom is -0.313 e. The fraction of sp³-hybridized carbons (Fsp3) is 0.529. The lowest BCUT2D eigenvalue weighted by Gasteiger charge is -2.25. The monoisotopic (exact) mass is 384 g/mol. The number of hydrogen-bond acceptors (Lipinski definition) is 4. The number of nitrogens with zero attached hydrogens (tertiary/aromatic N) is 2. The summed E-state index contributed by atoms with van der Waals surface area (Å²) in [4.78, 5) is 18.3. The molecule has 1 aromatic rings. The highest BCUT2D eigenvalue weighted by Gasteiger charge is 2.50. The van der Waals surface area contributed by atoms with E-state index in [4.69, 9.17) is 0 Å². The van der Waals surface area contributed by atoms with Gasteiger partial charge in [0.25, 0.3) is 5.91 Å². The summed E-state index contributed by atoms with van der Waals surface area (Å²) in [6.07, 6.45) is 1.38. The lowest BCUT2D eigenvalue weighted by molar-refractivity contribution is -0.121. The zero-order valence-electron chi connectivity index (χ0n) is 14.2. The number of carbonyl (C=O) groups excluding carboxylic acids is 1. The molecule has 25 heavy (non-hydrogen) atoms. The van der Waals surface area contributed by atoms with Crippen molar-refractivity contribution in [3.05, 3.63) is 30.1 Å². The van der Waals surface area contributed by atoms with Gasteiger partial charge in [-0.15, -0.1) is 0 Å². The minimum atomic E-state index is -3.16. The molecule has 2 saturated heterocycles. The van der Waals surface area contributed by atoms with Crippen molar-refractivity contribution in [1.29, 1.82) is 0 Å². The van der Waals surface area contributed by atoms with E-state index in [1.54, 1.807) is 23.1 Å². The van der Waals surface area contributed by atoms with Gasteiger partial charge >= 0.3 is 0 Å². The first-order chi connectivity index (χ1) is 11.9. The quantitative estimate of drug-likeness (QED) is 0.799. The summed E-state index contributed by atoms with van der Waals surface area (Å²) in [7, 11) is -3.16. The van der Waals surface area contributed by atoms with E-state index in [-0.39, 0.29) is 40.3 Å². The van der Waals surface area contributed by atoms with Crippen molar-refractivity contribution >= 4 is 38.4 Å². The summed E-state index contributed by atoms with van der Waals surface area (Å²) in [5.41, 5.74) is 0.274. The van der Waals surface area contributed by atoms with Crippen LogP contribution in [0.25, 0.3) is 0 Å². The zero-order chi connectivity index (χ0) is 18.2. The topological polar surface area (TPSA) is 66.8 Å². The van der Waals surface area contributed by atoms with E-state index in [0.717, 1.165) is 0 Å². The predicted molar refractivity (Wildman–Crippen MR) is 99.2 cm³/mol. The van der Waals surface area contributed by atoms with E-state index >= 15 is 0 Å². The van der Waals surface area contributed by atoms with Crippen LogP contribution in [0, 0.1) is 11.7 Å². The minimum absolute atomic E-state index is 0.0332. The van der Waals surface area contributed by atoms with Gasteiger partial charge in [0.05, 0.1) is 23.2 Å². The molecule has 0 radical (unpaired) electrons. The molecule has 0 aromatic heterocycles. The van der Waals surface area contributed by atoms with E-state index in [1.807, 2.05) is 13.8 Å². The molecule has 3 rings (SSSR count). The third-order valence-electron chi connectivity index (χ3n) is 4.72. The number of amides is 1. The van der Waals surface area contributed by atoms with Crippen molar-refractivity contribution in [1.82, 2.24) is 0 Å². The maximum atomic E-state index is 14.4. The summed E-state index contributed by atoms with van der Waals surface area (Å²) in [5, 5.41) is 0.185. The van der Waals surface area contributed by atoms with Gasteiger partial charge < -0.3 is 4.90 Å². The molecular formula is C17H21FN2O3S2. The van der Waals surface area contributed by atoms with Crippen molar-refractivity contribution < 1.29 is 17.6 Å². The average Bonchev–Trinajstić information content (AvgIpc) is 3.00. The zero-order valence-corrected chi connectivity index (χ0v) is 15.8. The molecule has 136 valence electrons. The number of sulfone groups is 1. The molecule has 8 heteroatoms. The van der Waals surface area contributed by atoms with Gasteiger partial charge in [-0.2, -0.15) is 4.99 Å². The summed E-state index contributed by atoms with van der Waals surface area (Å²) in [5.74, 6) is -0.852. The van der Waals surface area contributed by atoms with Gasteiger partial charge in [0, 0.05) is 11.2 Å². The van der Waals surface area contributed by atoms with Gasteiger partial charge in [-0.05, 0) is 25.0 Å². The number of thioether (sulfide) groups is 1. The molecule has 1 aromatic carbocycles. The summed E-state index contributed by atoms with van der Waals surface area (Å²) in [6, 6.07) is 5.81. The van der Waals surface area contributed by atoms with Crippen LogP contribution in [-0.2, 0) is 14.6 Å². The maximum Gasteiger partial charge on any atom is 0.251 e. The van der Waals surface area contributed by atoms with E-state index in [2.05, 4.69) is 4.99 Å². The molecule has 1 amide bonds. The number of aliphatic imine (C=N–C) groups is 1. The summed E-state index contributed by atoms with van der Waals surface area (Å²) in [6.45, 7) is 3.87. The number of hydrogen-bond donors (Lipinski definition) is 0. The van der Waals surface area contributed by atoms with Crippen LogP contribution in [0.1, 0.15) is 26.7 Å². The van der Waals surface area contributed by atoms with E-state index in [1.165, 1.54) is 17.8 Å². The van der Waals surface area contributed by atoms with Crippen LogP contribution in [0.5, 0.6) is 0 Å². The normalized spacial score (nSPS) is 26.4. The fourth-order valence-corrected chi connectivity index (χ4v) is 7.23. The van der Waals surface area contributed by atoms with E-state index in [0.29, 0.717) is 18.0 Å². The third kappa shape index (κ3) is 3.60. The number of rotatable bonds is 4. The van der Waals surface area contributed by atoms with Crippen LogP contribution < -0.4 is 4.90 Å². The molecule has 2 atom stereocenters. The number of para-hydroxylation sites is 1. The highest BCUT2D eigenvalue weighted by molar-refractivity contribution is 8.16. The van der Waals surface area contributed by atoms with Crippen molar-refractivity contribution in [2.24, 2.45) is 10.9 Å². The Labute approximate surface area is 151 Å². The Morgan fingerprint density at radius 3 is 2.64 bits per heavy atom. The predicted octanol–water partition coefficient (Wildman–Crippen LogP) is 2.86. The number of halogens is 1. The Kier molecular flexibility index (Phi) is 5.20. The Hall–Kier alpha value is -1.41. The van der Waals surface area contributed by atoms with Gasteiger partial charge in [-0.3, -0.25) is 4.79 Å². The number of benzene rings is 1. The van der Waals surface area contributed by atoms with E-state index < -0.39 is 15.7 Å². The average molecular weight is 384 g/mol. The largest absolute Gasteiger partial charge is 0.313 e. The van der Waals surface area contributed by atoms with Crippen molar-refractivity contribution in [2.75, 3.05) is 16.4 Å². The Morgan fingerprint density at radius 1 is 1.32 bits per heavy atom. The van der Waals surface area contributed by atoms with Crippen molar-refractivity contribution in [3.8, 4) is 0 Å². The molecule has 0 unspecified atom stereocenters. The van der Waals surface area contributed by atoms with Gasteiger partial charge in [0.1, 0.15) is 5.82 Å². The highest BCUT2D eigenvalue weighted by atomic mass is 32.2. The molecule has 0 aliphatic carbocycles. The third-order valence-corrected chi connectivity index (χ3v) is 7.93. The first kappa shape index (κ1) is 18.4. The molecule has 0 bridgehead atoms. The Bertz CT molecular complexity index is 806. The number of amidine groups is 1. The summed E-state index contributed by atoms with van der Waals surface area (Å²) >= 11 is 1.27. The molecule has 0 saturated carbocycles. The van der Waals surface area contributed by atoms with Crippen molar-refractivity contribution in [2.45, 2.75) is 38.0 Å².